The monoisotopic (exact) mass is 240 g/mol. The molecular formula is C8H11CoN3O2. The van der Waals surface area contributed by atoms with Gasteiger partial charge in [-0.15, -0.1) is 0 Å². The number of hydrogen-bond donors (Lipinski definition) is 1. The molecule has 5 nitrogen and oxygen atoms in total. The minimum atomic E-state index is -0.341. The maximum atomic E-state index is 11.3. The van der Waals surface area contributed by atoms with Gasteiger partial charge in [-0.25, -0.2) is 4.79 Å². The molecule has 0 amide bonds. The Hall–Kier alpha value is -0.854. The normalized spacial score (nSPS) is 20.4. The van der Waals surface area contributed by atoms with Gasteiger partial charge in [0, 0.05) is 29.6 Å². The summed E-state index contributed by atoms with van der Waals surface area (Å²) in [7, 11) is 0. The van der Waals surface area contributed by atoms with Gasteiger partial charge in [-0.2, -0.15) is 4.98 Å². The molecule has 1 aromatic heterocycles. The van der Waals surface area contributed by atoms with Gasteiger partial charge in [-0.1, -0.05) is 0 Å². The van der Waals surface area contributed by atoms with Gasteiger partial charge in [-0.05, 0) is 18.9 Å². The minimum absolute atomic E-state index is 0. The van der Waals surface area contributed by atoms with Crippen molar-refractivity contribution in [2.75, 3.05) is 12.3 Å². The summed E-state index contributed by atoms with van der Waals surface area (Å²) in [6.07, 6.45) is 3.33. The maximum Gasteiger partial charge on any atom is 0.351 e. The second-order valence-corrected chi connectivity index (χ2v) is 3.01. The van der Waals surface area contributed by atoms with Crippen molar-refractivity contribution in [2.45, 2.75) is 19.1 Å². The van der Waals surface area contributed by atoms with Gasteiger partial charge in [0.05, 0.1) is 0 Å². The minimum Gasteiger partial charge on any atom is -0.383 e. The number of rotatable bonds is 1. The summed E-state index contributed by atoms with van der Waals surface area (Å²) in [5.74, 6) is 0.249. The van der Waals surface area contributed by atoms with Crippen LogP contribution in [0.4, 0.5) is 5.82 Å². The number of nitrogen functional groups attached to an aromatic ring is 1. The van der Waals surface area contributed by atoms with Crippen molar-refractivity contribution >= 4 is 5.82 Å². The van der Waals surface area contributed by atoms with Crippen LogP contribution in [0.25, 0.3) is 0 Å². The van der Waals surface area contributed by atoms with Crippen LogP contribution in [0.5, 0.6) is 0 Å². The van der Waals surface area contributed by atoms with Gasteiger partial charge in [0.1, 0.15) is 12.0 Å². The Bertz CT molecular complexity index is 360. The number of anilines is 1. The zero-order chi connectivity index (χ0) is 9.26. The van der Waals surface area contributed by atoms with E-state index < -0.39 is 0 Å². The predicted octanol–water partition coefficient (Wildman–Crippen LogP) is 0.132. The van der Waals surface area contributed by atoms with Crippen LogP contribution in [-0.4, -0.2) is 16.2 Å². The van der Waals surface area contributed by atoms with E-state index in [4.69, 9.17) is 10.5 Å². The van der Waals surface area contributed by atoms with Crippen molar-refractivity contribution in [1.82, 2.24) is 9.55 Å². The second kappa shape index (κ2) is 4.58. The van der Waals surface area contributed by atoms with Crippen molar-refractivity contribution < 1.29 is 21.5 Å². The van der Waals surface area contributed by atoms with Crippen molar-refractivity contribution in [3.05, 3.63) is 22.7 Å². The number of hydrogen-bond acceptors (Lipinski definition) is 4. The molecule has 0 unspecified atom stereocenters. The molecule has 14 heavy (non-hydrogen) atoms. The standard InChI is InChI=1S/C8H11N3O2.Co/c9-6-3-4-11(8(12)10-6)7-2-1-5-13-7;/h3-4,7H,1-2,5H2,(H2,9,10,12);/t7-;/m1./s1. The summed E-state index contributed by atoms with van der Waals surface area (Å²) >= 11 is 0. The van der Waals surface area contributed by atoms with Crippen LogP contribution in [-0.2, 0) is 21.5 Å². The Morgan fingerprint density at radius 3 is 3.00 bits per heavy atom. The third-order valence-electron chi connectivity index (χ3n) is 2.07. The fourth-order valence-corrected chi connectivity index (χ4v) is 1.43. The largest absolute Gasteiger partial charge is 0.383 e. The molecule has 2 heterocycles. The van der Waals surface area contributed by atoms with Crippen molar-refractivity contribution in [3.63, 3.8) is 0 Å². The second-order valence-electron chi connectivity index (χ2n) is 3.01. The van der Waals surface area contributed by atoms with Crippen molar-refractivity contribution in [2.24, 2.45) is 0 Å². The molecule has 0 aromatic carbocycles. The molecule has 1 fully saturated rings. The average molecular weight is 240 g/mol. The quantitative estimate of drug-likeness (QED) is 0.757. The summed E-state index contributed by atoms with van der Waals surface area (Å²) in [6, 6.07) is 1.60. The number of ether oxygens (including phenoxy) is 1. The zero-order valence-electron chi connectivity index (χ0n) is 7.47. The molecule has 1 atom stereocenters. The first-order valence-electron chi connectivity index (χ1n) is 4.23. The van der Waals surface area contributed by atoms with Crippen LogP contribution in [0.2, 0.25) is 0 Å². The SMILES string of the molecule is Nc1ccn([C@H]2CCCO2)c(=O)n1.[Co]. The molecule has 1 aromatic rings. The number of aromatic nitrogens is 2. The van der Waals surface area contributed by atoms with E-state index in [-0.39, 0.29) is 34.5 Å². The average Bonchev–Trinajstić information content (AvgIpc) is 2.56. The molecule has 0 spiro atoms. The topological polar surface area (TPSA) is 70.1 Å². The van der Waals surface area contributed by atoms with Gasteiger partial charge in [0.15, 0.2) is 0 Å². The maximum absolute atomic E-state index is 11.3. The van der Waals surface area contributed by atoms with Crippen molar-refractivity contribution in [1.29, 1.82) is 0 Å². The zero-order valence-corrected chi connectivity index (χ0v) is 8.52. The van der Waals surface area contributed by atoms with Gasteiger partial charge in [0.25, 0.3) is 0 Å². The van der Waals surface area contributed by atoms with Crippen LogP contribution in [0.3, 0.4) is 0 Å². The van der Waals surface area contributed by atoms with Crippen LogP contribution >= 0.6 is 0 Å². The molecule has 1 aliphatic heterocycles. The van der Waals surface area contributed by atoms with Crippen LogP contribution < -0.4 is 11.4 Å². The van der Waals surface area contributed by atoms with Crippen LogP contribution in [0.1, 0.15) is 19.1 Å². The molecule has 2 N–H and O–H groups in total. The molecule has 1 saturated heterocycles. The van der Waals surface area contributed by atoms with Gasteiger partial charge < -0.3 is 10.5 Å². The van der Waals surface area contributed by atoms with E-state index in [1.54, 1.807) is 12.3 Å². The Morgan fingerprint density at radius 2 is 2.43 bits per heavy atom. The fourth-order valence-electron chi connectivity index (χ4n) is 1.43. The molecule has 79 valence electrons. The number of nitrogens with two attached hydrogens (primary N) is 1. The van der Waals surface area contributed by atoms with E-state index in [1.807, 2.05) is 0 Å². The fraction of sp³-hybridized carbons (Fsp3) is 0.500. The van der Waals surface area contributed by atoms with E-state index >= 15 is 0 Å². The summed E-state index contributed by atoms with van der Waals surface area (Å²) in [5, 5.41) is 0. The molecule has 6 heteroatoms. The molecule has 1 aliphatic rings. The third-order valence-corrected chi connectivity index (χ3v) is 2.07. The Morgan fingerprint density at radius 1 is 1.64 bits per heavy atom. The third kappa shape index (κ3) is 2.14. The Balaban J connectivity index is 0.000000980. The Kier molecular flexibility index (Phi) is 3.67. The van der Waals surface area contributed by atoms with E-state index in [0.717, 1.165) is 12.8 Å². The van der Waals surface area contributed by atoms with Gasteiger partial charge in [-0.3, -0.25) is 4.57 Å². The van der Waals surface area contributed by atoms with E-state index in [1.165, 1.54) is 4.57 Å². The van der Waals surface area contributed by atoms with Gasteiger partial charge in [0.2, 0.25) is 0 Å². The summed E-state index contributed by atoms with van der Waals surface area (Å²) in [4.78, 5) is 14.9. The van der Waals surface area contributed by atoms with E-state index in [9.17, 15) is 4.79 Å². The predicted molar refractivity (Wildman–Crippen MR) is 47.1 cm³/mol. The smallest absolute Gasteiger partial charge is 0.351 e. The summed E-state index contributed by atoms with van der Waals surface area (Å²) < 4.78 is 6.82. The molecule has 0 bridgehead atoms. The first kappa shape index (κ1) is 11.2. The molecule has 0 aliphatic carbocycles. The molecule has 2 rings (SSSR count). The van der Waals surface area contributed by atoms with Crippen LogP contribution in [0.15, 0.2) is 17.1 Å². The molecular weight excluding hydrogens is 229 g/mol. The van der Waals surface area contributed by atoms with Gasteiger partial charge >= 0.3 is 5.69 Å². The molecule has 1 radical (unpaired) electrons. The first-order valence-corrected chi connectivity index (χ1v) is 4.23. The number of nitrogens with zero attached hydrogens (tertiary/aromatic N) is 2. The van der Waals surface area contributed by atoms with Crippen LogP contribution in [0, 0.1) is 0 Å². The summed E-state index contributed by atoms with van der Waals surface area (Å²) in [5.41, 5.74) is 5.02. The summed E-state index contributed by atoms with van der Waals surface area (Å²) in [6.45, 7) is 0.710. The van der Waals surface area contributed by atoms with Crippen molar-refractivity contribution in [3.8, 4) is 0 Å². The Labute approximate surface area is 91.5 Å². The molecule has 0 saturated carbocycles. The first-order chi connectivity index (χ1) is 6.27. The van der Waals surface area contributed by atoms with E-state index in [2.05, 4.69) is 4.98 Å². The van der Waals surface area contributed by atoms with E-state index in [0.29, 0.717) is 6.61 Å².